The van der Waals surface area contributed by atoms with Gasteiger partial charge < -0.3 is 10.2 Å². The monoisotopic (exact) mass is 247 g/mol. The first-order valence-electron chi connectivity index (χ1n) is 5.96. The Kier molecular flexibility index (Phi) is 3.34. The van der Waals surface area contributed by atoms with Gasteiger partial charge in [-0.2, -0.15) is 10.4 Å². The molecular formula is C12H17N5O. The summed E-state index contributed by atoms with van der Waals surface area (Å²) in [5.41, 5.74) is -0.245. The van der Waals surface area contributed by atoms with E-state index in [1.165, 1.54) is 6.20 Å². The van der Waals surface area contributed by atoms with E-state index in [-0.39, 0.29) is 5.91 Å². The molecule has 1 aromatic rings. The average molecular weight is 247 g/mol. The third kappa shape index (κ3) is 2.51. The molecule has 1 aliphatic rings. The summed E-state index contributed by atoms with van der Waals surface area (Å²) in [6, 6.07) is 2.26. The number of aromatic nitrogens is 2. The van der Waals surface area contributed by atoms with E-state index in [0.717, 1.165) is 13.1 Å². The number of carbonyl (C=O) groups excluding carboxylic acids is 1. The molecule has 2 rings (SSSR count). The molecule has 1 amide bonds. The van der Waals surface area contributed by atoms with E-state index in [4.69, 9.17) is 0 Å². The van der Waals surface area contributed by atoms with Crippen LogP contribution in [0.5, 0.6) is 0 Å². The molecule has 0 aromatic carbocycles. The second-order valence-electron chi connectivity index (χ2n) is 4.85. The van der Waals surface area contributed by atoms with E-state index in [1.54, 1.807) is 17.9 Å². The Morgan fingerprint density at radius 3 is 2.67 bits per heavy atom. The highest BCUT2D eigenvalue weighted by Crippen LogP contribution is 2.21. The van der Waals surface area contributed by atoms with Crippen molar-refractivity contribution in [3.63, 3.8) is 0 Å². The number of nitriles is 1. The minimum atomic E-state index is -0.737. The van der Waals surface area contributed by atoms with Gasteiger partial charge in [0.05, 0.1) is 17.8 Å². The van der Waals surface area contributed by atoms with Gasteiger partial charge in [0.1, 0.15) is 5.54 Å². The molecule has 6 nitrogen and oxygen atoms in total. The fourth-order valence-electron chi connectivity index (χ4n) is 2.09. The summed E-state index contributed by atoms with van der Waals surface area (Å²) >= 11 is 0. The number of hydrogen-bond acceptors (Lipinski definition) is 4. The molecule has 0 unspecified atom stereocenters. The molecule has 0 radical (unpaired) electrons. The van der Waals surface area contributed by atoms with Crippen LogP contribution in [0.3, 0.4) is 0 Å². The number of nitrogens with zero attached hydrogens (tertiary/aromatic N) is 4. The average Bonchev–Trinajstić information content (AvgIpc) is 2.79. The summed E-state index contributed by atoms with van der Waals surface area (Å²) in [7, 11) is 3.77. The second-order valence-corrected chi connectivity index (χ2v) is 4.85. The summed E-state index contributed by atoms with van der Waals surface area (Å²) < 4.78 is 1.57. The van der Waals surface area contributed by atoms with Gasteiger partial charge in [0.15, 0.2) is 0 Å². The number of aryl methyl sites for hydroxylation is 1. The number of rotatable bonds is 2. The van der Waals surface area contributed by atoms with Gasteiger partial charge in [0, 0.05) is 26.3 Å². The van der Waals surface area contributed by atoms with E-state index in [1.807, 2.05) is 7.05 Å². The van der Waals surface area contributed by atoms with Gasteiger partial charge in [-0.15, -0.1) is 0 Å². The summed E-state index contributed by atoms with van der Waals surface area (Å²) in [4.78, 5) is 14.2. The van der Waals surface area contributed by atoms with Crippen LogP contribution in [0.25, 0.3) is 0 Å². The fourth-order valence-corrected chi connectivity index (χ4v) is 2.09. The second kappa shape index (κ2) is 4.78. The first-order chi connectivity index (χ1) is 8.54. The first-order valence-corrected chi connectivity index (χ1v) is 5.96. The van der Waals surface area contributed by atoms with Gasteiger partial charge in [-0.1, -0.05) is 0 Å². The van der Waals surface area contributed by atoms with E-state index >= 15 is 0 Å². The van der Waals surface area contributed by atoms with Crippen LogP contribution in [0, 0.1) is 11.3 Å². The van der Waals surface area contributed by atoms with Gasteiger partial charge in [-0.3, -0.25) is 9.48 Å². The van der Waals surface area contributed by atoms with Crippen molar-refractivity contribution in [1.29, 1.82) is 5.26 Å². The minimum absolute atomic E-state index is 0.228. The largest absolute Gasteiger partial charge is 0.334 e. The Hall–Kier alpha value is -1.87. The Balaban J connectivity index is 2.07. The molecule has 1 N–H and O–H groups in total. The van der Waals surface area contributed by atoms with Crippen LogP contribution in [0.15, 0.2) is 12.4 Å². The lowest BCUT2D eigenvalue weighted by Crippen LogP contribution is -2.53. The van der Waals surface area contributed by atoms with Gasteiger partial charge >= 0.3 is 0 Å². The Morgan fingerprint density at radius 1 is 1.50 bits per heavy atom. The fraction of sp³-hybridized carbons (Fsp3) is 0.583. The molecule has 2 heterocycles. The summed E-state index contributed by atoms with van der Waals surface area (Å²) in [5.74, 6) is -0.228. The molecular weight excluding hydrogens is 230 g/mol. The van der Waals surface area contributed by atoms with E-state index in [2.05, 4.69) is 21.4 Å². The number of carbonyl (C=O) groups is 1. The smallest absolute Gasteiger partial charge is 0.255 e. The quantitative estimate of drug-likeness (QED) is 0.806. The van der Waals surface area contributed by atoms with Gasteiger partial charge in [-0.25, -0.2) is 0 Å². The predicted molar refractivity (Wildman–Crippen MR) is 65.7 cm³/mol. The molecule has 1 aromatic heterocycles. The van der Waals surface area contributed by atoms with Gasteiger partial charge in [0.2, 0.25) is 0 Å². The molecule has 6 heteroatoms. The minimum Gasteiger partial charge on any atom is -0.334 e. The third-order valence-corrected chi connectivity index (χ3v) is 3.37. The van der Waals surface area contributed by atoms with Crippen LogP contribution in [-0.2, 0) is 7.05 Å². The van der Waals surface area contributed by atoms with Crippen molar-refractivity contribution >= 4 is 5.91 Å². The molecule has 0 atom stereocenters. The van der Waals surface area contributed by atoms with E-state index in [9.17, 15) is 10.1 Å². The van der Waals surface area contributed by atoms with Crippen LogP contribution in [-0.4, -0.2) is 46.3 Å². The summed E-state index contributed by atoms with van der Waals surface area (Å²) in [5, 5.41) is 16.1. The number of likely N-dealkylation sites (tertiary alicyclic amines) is 1. The highest BCUT2D eigenvalue weighted by atomic mass is 16.1. The number of amides is 1. The SMILES string of the molecule is CN1CCC(C#N)(NC(=O)c2cnn(C)c2)CC1. The maximum absolute atomic E-state index is 12.0. The zero-order valence-corrected chi connectivity index (χ0v) is 10.7. The van der Waals surface area contributed by atoms with Crippen LogP contribution in [0.1, 0.15) is 23.2 Å². The number of hydrogen-bond donors (Lipinski definition) is 1. The first kappa shape index (κ1) is 12.6. The summed E-state index contributed by atoms with van der Waals surface area (Å²) in [6.07, 6.45) is 4.47. The van der Waals surface area contributed by atoms with Crippen molar-refractivity contribution in [1.82, 2.24) is 20.0 Å². The molecule has 0 spiro atoms. The standard InChI is InChI=1S/C12H17N5O/c1-16-5-3-12(9-13,4-6-16)15-11(18)10-7-14-17(2)8-10/h7-8H,3-6H2,1-2H3,(H,15,18). The van der Waals surface area contributed by atoms with Gasteiger partial charge in [-0.05, 0) is 19.9 Å². The molecule has 0 saturated carbocycles. The van der Waals surface area contributed by atoms with Crippen LogP contribution < -0.4 is 5.32 Å². The molecule has 0 aliphatic carbocycles. The molecule has 1 saturated heterocycles. The predicted octanol–water partition coefficient (Wildman–Crippen LogP) is 0.138. The molecule has 96 valence electrons. The van der Waals surface area contributed by atoms with Crippen LogP contribution >= 0.6 is 0 Å². The van der Waals surface area contributed by atoms with Crippen molar-refractivity contribution in [2.75, 3.05) is 20.1 Å². The Bertz CT molecular complexity index is 479. The van der Waals surface area contributed by atoms with Crippen molar-refractivity contribution in [3.05, 3.63) is 18.0 Å². The Labute approximate surface area is 106 Å². The lowest BCUT2D eigenvalue weighted by Gasteiger charge is -2.35. The van der Waals surface area contributed by atoms with Crippen molar-refractivity contribution in [2.24, 2.45) is 7.05 Å². The molecule has 18 heavy (non-hydrogen) atoms. The number of nitrogens with one attached hydrogen (secondary N) is 1. The summed E-state index contributed by atoms with van der Waals surface area (Å²) in [6.45, 7) is 1.64. The third-order valence-electron chi connectivity index (χ3n) is 3.37. The number of piperidine rings is 1. The van der Waals surface area contributed by atoms with Crippen molar-refractivity contribution in [3.8, 4) is 6.07 Å². The topological polar surface area (TPSA) is 74.0 Å². The van der Waals surface area contributed by atoms with E-state index in [0.29, 0.717) is 18.4 Å². The van der Waals surface area contributed by atoms with Crippen molar-refractivity contribution in [2.45, 2.75) is 18.4 Å². The van der Waals surface area contributed by atoms with Crippen molar-refractivity contribution < 1.29 is 4.79 Å². The van der Waals surface area contributed by atoms with Crippen LogP contribution in [0.2, 0.25) is 0 Å². The van der Waals surface area contributed by atoms with E-state index < -0.39 is 5.54 Å². The Morgan fingerprint density at radius 2 is 2.17 bits per heavy atom. The zero-order chi connectivity index (χ0) is 13.2. The molecule has 1 fully saturated rings. The lowest BCUT2D eigenvalue weighted by molar-refractivity contribution is 0.0882. The molecule has 0 bridgehead atoms. The molecule has 1 aliphatic heterocycles. The lowest BCUT2D eigenvalue weighted by atomic mass is 9.89. The zero-order valence-electron chi connectivity index (χ0n) is 10.7. The maximum Gasteiger partial charge on any atom is 0.255 e. The highest BCUT2D eigenvalue weighted by Gasteiger charge is 2.35. The van der Waals surface area contributed by atoms with Gasteiger partial charge in [0.25, 0.3) is 5.91 Å². The van der Waals surface area contributed by atoms with Crippen LogP contribution in [0.4, 0.5) is 0 Å². The highest BCUT2D eigenvalue weighted by molar-refractivity contribution is 5.94. The normalized spacial score (nSPS) is 19.2. The maximum atomic E-state index is 12.0.